The number of nitrogens with zero attached hydrogens (tertiary/aromatic N) is 2. The Morgan fingerprint density at radius 2 is 2.10 bits per heavy atom. The van der Waals surface area contributed by atoms with Crippen LogP contribution in [0.4, 0.5) is 0 Å². The van der Waals surface area contributed by atoms with E-state index in [-0.39, 0.29) is 6.42 Å². The number of aromatic nitrogens is 1. The van der Waals surface area contributed by atoms with E-state index < -0.39 is 5.97 Å². The third kappa shape index (κ3) is 4.78. The minimum Gasteiger partial charge on any atom is -0.481 e. The standard InChI is InChI=1S/C16H26N2O2S/c1-11(2)16-13(4-5-15(19)20)21-14(17-16)10-18-8-6-12(3)7-9-18/h11-12H,4-10H2,1-3H3,(H,19,20). The summed E-state index contributed by atoms with van der Waals surface area (Å²) in [6.07, 6.45) is 3.35. The Bertz CT molecular complexity index is 477. The lowest BCUT2D eigenvalue weighted by molar-refractivity contribution is -0.136. The highest BCUT2D eigenvalue weighted by Gasteiger charge is 2.19. The largest absolute Gasteiger partial charge is 0.481 e. The van der Waals surface area contributed by atoms with Gasteiger partial charge in [0.05, 0.1) is 18.7 Å². The zero-order valence-corrected chi connectivity index (χ0v) is 14.1. The molecule has 0 aliphatic carbocycles. The zero-order chi connectivity index (χ0) is 15.4. The molecule has 1 fully saturated rings. The molecule has 118 valence electrons. The molecule has 1 aliphatic rings. The van der Waals surface area contributed by atoms with E-state index in [1.807, 2.05) is 0 Å². The van der Waals surface area contributed by atoms with Crippen molar-refractivity contribution >= 4 is 17.3 Å². The van der Waals surface area contributed by atoms with Crippen LogP contribution in [0.2, 0.25) is 0 Å². The molecular weight excluding hydrogens is 284 g/mol. The molecule has 0 atom stereocenters. The third-order valence-corrected chi connectivity index (χ3v) is 5.24. The summed E-state index contributed by atoms with van der Waals surface area (Å²) >= 11 is 1.71. The van der Waals surface area contributed by atoms with Gasteiger partial charge < -0.3 is 5.11 Å². The molecule has 0 unspecified atom stereocenters. The van der Waals surface area contributed by atoms with Crippen molar-refractivity contribution in [2.24, 2.45) is 5.92 Å². The minimum absolute atomic E-state index is 0.197. The van der Waals surface area contributed by atoms with E-state index in [2.05, 4.69) is 25.7 Å². The first kappa shape index (κ1) is 16.4. The summed E-state index contributed by atoms with van der Waals surface area (Å²) in [4.78, 5) is 19.2. The number of hydrogen-bond donors (Lipinski definition) is 1. The van der Waals surface area contributed by atoms with Crippen LogP contribution in [0.25, 0.3) is 0 Å². The highest BCUT2D eigenvalue weighted by Crippen LogP contribution is 2.28. The summed E-state index contributed by atoms with van der Waals surface area (Å²) in [7, 11) is 0. The molecule has 0 radical (unpaired) electrons. The summed E-state index contributed by atoms with van der Waals surface area (Å²) in [5.41, 5.74) is 1.10. The third-order valence-electron chi connectivity index (χ3n) is 4.12. The summed E-state index contributed by atoms with van der Waals surface area (Å²) in [6.45, 7) is 9.81. The fourth-order valence-electron chi connectivity index (χ4n) is 2.74. The van der Waals surface area contributed by atoms with Crippen LogP contribution in [0.5, 0.6) is 0 Å². The SMILES string of the molecule is CC1CCN(Cc2nc(C(C)C)c(CCC(=O)O)s2)CC1. The summed E-state index contributed by atoms with van der Waals surface area (Å²) in [5, 5.41) is 10.0. The fourth-order valence-corrected chi connectivity index (χ4v) is 4.01. The van der Waals surface area contributed by atoms with Gasteiger partial charge in [0.25, 0.3) is 0 Å². The van der Waals surface area contributed by atoms with Crippen molar-refractivity contribution in [2.75, 3.05) is 13.1 Å². The van der Waals surface area contributed by atoms with Crippen molar-refractivity contribution in [3.63, 3.8) is 0 Å². The highest BCUT2D eigenvalue weighted by atomic mass is 32.1. The molecule has 0 saturated carbocycles. The smallest absolute Gasteiger partial charge is 0.303 e. The maximum absolute atomic E-state index is 10.8. The van der Waals surface area contributed by atoms with Crippen LogP contribution in [0.1, 0.15) is 61.5 Å². The molecule has 1 saturated heterocycles. The number of thiazole rings is 1. The molecule has 0 bridgehead atoms. The maximum Gasteiger partial charge on any atom is 0.303 e. The molecule has 4 nitrogen and oxygen atoms in total. The van der Waals surface area contributed by atoms with Gasteiger partial charge in [0.1, 0.15) is 5.01 Å². The van der Waals surface area contributed by atoms with E-state index in [9.17, 15) is 4.79 Å². The van der Waals surface area contributed by atoms with Crippen LogP contribution in [0.3, 0.4) is 0 Å². The van der Waals surface area contributed by atoms with Crippen molar-refractivity contribution in [2.45, 2.75) is 58.9 Å². The second-order valence-electron chi connectivity index (χ2n) is 6.42. The van der Waals surface area contributed by atoms with E-state index in [4.69, 9.17) is 10.1 Å². The van der Waals surface area contributed by atoms with E-state index >= 15 is 0 Å². The Hall–Kier alpha value is -0.940. The number of carbonyl (C=O) groups is 1. The zero-order valence-electron chi connectivity index (χ0n) is 13.3. The Balaban J connectivity index is 2.02. The molecule has 1 aliphatic heterocycles. The molecule has 2 heterocycles. The van der Waals surface area contributed by atoms with Crippen molar-refractivity contribution < 1.29 is 9.90 Å². The van der Waals surface area contributed by atoms with Gasteiger partial charge in [0, 0.05) is 4.88 Å². The monoisotopic (exact) mass is 310 g/mol. The number of likely N-dealkylation sites (tertiary alicyclic amines) is 1. The van der Waals surface area contributed by atoms with E-state index in [0.29, 0.717) is 12.3 Å². The maximum atomic E-state index is 10.8. The normalized spacial score (nSPS) is 17.5. The molecule has 1 aromatic heterocycles. The summed E-state index contributed by atoms with van der Waals surface area (Å²) < 4.78 is 0. The number of aliphatic carboxylic acids is 1. The van der Waals surface area contributed by atoms with Crippen LogP contribution in [-0.2, 0) is 17.8 Å². The number of carboxylic acids is 1. The van der Waals surface area contributed by atoms with Crippen LogP contribution < -0.4 is 0 Å². The lowest BCUT2D eigenvalue weighted by atomic mass is 9.99. The molecule has 0 aromatic carbocycles. The predicted octanol–water partition coefficient (Wildman–Crippen LogP) is 3.52. The second kappa shape index (κ2) is 7.36. The van der Waals surface area contributed by atoms with Crippen LogP contribution in [0, 0.1) is 5.92 Å². The first-order chi connectivity index (χ1) is 9.95. The van der Waals surface area contributed by atoms with Gasteiger partial charge in [-0.2, -0.15) is 0 Å². The van der Waals surface area contributed by atoms with Gasteiger partial charge in [-0.05, 0) is 44.2 Å². The van der Waals surface area contributed by atoms with Crippen LogP contribution in [-0.4, -0.2) is 34.0 Å². The van der Waals surface area contributed by atoms with Gasteiger partial charge in [-0.25, -0.2) is 4.98 Å². The summed E-state index contributed by atoms with van der Waals surface area (Å²) in [5.74, 6) is 0.472. The van der Waals surface area contributed by atoms with Crippen LogP contribution in [0.15, 0.2) is 0 Å². The minimum atomic E-state index is -0.732. The Labute approximate surface area is 131 Å². The lowest BCUT2D eigenvalue weighted by Crippen LogP contribution is -2.32. The van der Waals surface area contributed by atoms with Crippen LogP contribution >= 0.6 is 11.3 Å². The number of rotatable bonds is 6. The average molecular weight is 310 g/mol. The molecule has 1 N–H and O–H groups in total. The molecule has 21 heavy (non-hydrogen) atoms. The Kier molecular flexibility index (Phi) is 5.76. The van der Waals surface area contributed by atoms with Gasteiger partial charge in [0.2, 0.25) is 0 Å². The van der Waals surface area contributed by atoms with Crippen molar-refractivity contribution in [3.05, 3.63) is 15.6 Å². The van der Waals surface area contributed by atoms with Gasteiger partial charge >= 0.3 is 5.97 Å². The molecule has 1 aromatic rings. The van der Waals surface area contributed by atoms with E-state index in [0.717, 1.165) is 41.1 Å². The summed E-state index contributed by atoms with van der Waals surface area (Å²) in [6, 6.07) is 0. The quantitative estimate of drug-likeness (QED) is 0.873. The predicted molar refractivity (Wildman–Crippen MR) is 85.8 cm³/mol. The Morgan fingerprint density at radius 3 is 2.67 bits per heavy atom. The van der Waals surface area contributed by atoms with E-state index in [1.165, 1.54) is 12.8 Å². The Morgan fingerprint density at radius 1 is 1.43 bits per heavy atom. The van der Waals surface area contributed by atoms with Gasteiger partial charge in [-0.3, -0.25) is 9.69 Å². The topological polar surface area (TPSA) is 53.4 Å². The number of aryl methyl sites for hydroxylation is 1. The molecule has 5 heteroatoms. The highest BCUT2D eigenvalue weighted by molar-refractivity contribution is 7.11. The van der Waals surface area contributed by atoms with Crippen molar-refractivity contribution in [3.8, 4) is 0 Å². The lowest BCUT2D eigenvalue weighted by Gasteiger charge is -2.29. The second-order valence-corrected chi connectivity index (χ2v) is 7.59. The average Bonchev–Trinajstić information content (AvgIpc) is 2.82. The first-order valence-electron chi connectivity index (χ1n) is 7.88. The van der Waals surface area contributed by atoms with Gasteiger partial charge in [-0.1, -0.05) is 20.8 Å². The molecule has 0 spiro atoms. The fraction of sp³-hybridized carbons (Fsp3) is 0.750. The van der Waals surface area contributed by atoms with Gasteiger partial charge in [-0.15, -0.1) is 11.3 Å². The number of hydrogen-bond acceptors (Lipinski definition) is 4. The van der Waals surface area contributed by atoms with Crippen molar-refractivity contribution in [1.82, 2.24) is 9.88 Å². The molecular formula is C16H26N2O2S. The van der Waals surface area contributed by atoms with Crippen molar-refractivity contribution in [1.29, 1.82) is 0 Å². The number of piperidine rings is 1. The molecule has 0 amide bonds. The van der Waals surface area contributed by atoms with E-state index in [1.54, 1.807) is 11.3 Å². The number of carboxylic acid groups (broad SMARTS) is 1. The molecule has 2 rings (SSSR count). The van der Waals surface area contributed by atoms with Gasteiger partial charge in [0.15, 0.2) is 0 Å². The first-order valence-corrected chi connectivity index (χ1v) is 8.70.